The molecular formula is C3H8NO4-. The van der Waals surface area contributed by atoms with Gasteiger partial charge in [0.2, 0.25) is 0 Å². The van der Waals surface area contributed by atoms with Gasteiger partial charge in [-0.2, -0.15) is 0 Å². The summed E-state index contributed by atoms with van der Waals surface area (Å²) in [5.74, 6) is 0. The Morgan fingerprint density at radius 1 is 1.75 bits per heavy atom. The summed E-state index contributed by atoms with van der Waals surface area (Å²) in [6, 6.07) is 0. The van der Waals surface area contributed by atoms with E-state index in [4.69, 9.17) is 20.1 Å². The average molecular weight is 122 g/mol. The standard InChI is InChI=1S/C2H7NO.CH2O3/c1-2(3)4;2-1(3)4/h2,4H,3H2,1H3;(H2,2,3,4)/p-1. The van der Waals surface area contributed by atoms with E-state index < -0.39 is 12.4 Å². The zero-order valence-electron chi connectivity index (χ0n) is 4.46. The summed E-state index contributed by atoms with van der Waals surface area (Å²) in [6.45, 7) is 1.61. The number of hydrogen-bond acceptors (Lipinski definition) is 4. The molecular weight excluding hydrogens is 114 g/mol. The van der Waals surface area contributed by atoms with Crippen molar-refractivity contribution in [2.24, 2.45) is 0 Å². The minimum Gasteiger partial charge on any atom is -0.652 e. The normalized spacial score (nSPS) is 10.9. The lowest BCUT2D eigenvalue weighted by atomic mass is 10.7. The van der Waals surface area contributed by atoms with E-state index in [-0.39, 0.29) is 0 Å². The Labute approximate surface area is 46.4 Å². The molecule has 0 aromatic heterocycles. The van der Waals surface area contributed by atoms with Crippen molar-refractivity contribution in [3.8, 4) is 0 Å². The topological polar surface area (TPSA) is 111 Å². The second-order valence-electron chi connectivity index (χ2n) is 1.10. The van der Waals surface area contributed by atoms with Gasteiger partial charge in [0.1, 0.15) is 0 Å². The molecule has 0 fully saturated rings. The lowest BCUT2D eigenvalue weighted by Gasteiger charge is -1.96. The summed E-state index contributed by atoms with van der Waals surface area (Å²) < 4.78 is 0. The molecule has 0 aromatic carbocycles. The van der Waals surface area contributed by atoms with Gasteiger partial charge in [-0.15, -0.1) is 0 Å². The van der Waals surface area contributed by atoms with Crippen LogP contribution in [0, 0.1) is 0 Å². The molecule has 50 valence electrons. The van der Waals surface area contributed by atoms with E-state index in [1.54, 1.807) is 6.92 Å². The smallest absolute Gasteiger partial charge is 0.182 e. The highest BCUT2D eigenvalue weighted by Gasteiger charge is 1.73. The van der Waals surface area contributed by atoms with Gasteiger partial charge in [0.25, 0.3) is 0 Å². The maximum Gasteiger partial charge on any atom is 0.182 e. The van der Waals surface area contributed by atoms with Gasteiger partial charge in [-0.1, -0.05) is 0 Å². The fourth-order valence-electron chi connectivity index (χ4n) is 0. The van der Waals surface area contributed by atoms with Gasteiger partial charge in [0.05, 0.1) is 0 Å². The molecule has 0 radical (unpaired) electrons. The lowest BCUT2D eigenvalue weighted by molar-refractivity contribution is -0.475. The van der Waals surface area contributed by atoms with Gasteiger partial charge in [-0.3, -0.25) is 0 Å². The largest absolute Gasteiger partial charge is 0.652 e. The van der Waals surface area contributed by atoms with Crippen LogP contribution < -0.4 is 15.9 Å². The van der Waals surface area contributed by atoms with Crippen LogP contribution in [0.3, 0.4) is 0 Å². The van der Waals surface area contributed by atoms with Crippen LogP contribution in [0.1, 0.15) is 6.92 Å². The van der Waals surface area contributed by atoms with Gasteiger partial charge in [-0.05, 0) is 6.16 Å². The van der Waals surface area contributed by atoms with Crippen molar-refractivity contribution in [1.29, 1.82) is 0 Å². The number of rotatable bonds is 0. The van der Waals surface area contributed by atoms with Crippen molar-refractivity contribution >= 4 is 6.16 Å². The molecule has 0 amide bonds. The summed E-state index contributed by atoms with van der Waals surface area (Å²) in [5.41, 5.74) is 3.19. The quantitative estimate of drug-likeness (QED) is 0.320. The van der Waals surface area contributed by atoms with Crippen molar-refractivity contribution in [1.82, 2.24) is 0 Å². The molecule has 5 nitrogen and oxygen atoms in total. The van der Waals surface area contributed by atoms with Crippen LogP contribution in [0.15, 0.2) is 0 Å². The van der Waals surface area contributed by atoms with Crippen LogP contribution in [0.5, 0.6) is 0 Å². The van der Waals surface area contributed by atoms with Crippen molar-refractivity contribution in [3.05, 3.63) is 0 Å². The Morgan fingerprint density at radius 3 is 1.75 bits per heavy atom. The zero-order chi connectivity index (χ0) is 7.15. The zero-order valence-corrected chi connectivity index (χ0v) is 4.46. The highest BCUT2D eigenvalue weighted by Crippen LogP contribution is 1.44. The molecule has 4 N–H and O–H groups in total. The second-order valence-corrected chi connectivity index (χ2v) is 1.10. The predicted molar refractivity (Wildman–Crippen MR) is 20.0 cm³/mol. The summed E-state index contributed by atoms with van der Waals surface area (Å²) in [6.07, 6.45) is -2.75. The van der Waals surface area contributed by atoms with Gasteiger partial charge in [0.15, 0.2) is 6.23 Å². The first-order chi connectivity index (χ1) is 3.46. The number of aliphatic hydroxyl groups excluding tert-OH is 1. The molecule has 0 bridgehead atoms. The van der Waals surface area contributed by atoms with Gasteiger partial charge >= 0.3 is 0 Å². The molecule has 0 spiro atoms. The van der Waals surface area contributed by atoms with Gasteiger partial charge in [0, 0.05) is 6.92 Å². The highest BCUT2D eigenvalue weighted by atomic mass is 16.6. The first kappa shape index (κ1) is 10.2. The minimum atomic E-state index is -2.33. The summed E-state index contributed by atoms with van der Waals surface area (Å²) in [4.78, 5) is 8.33. The molecule has 0 saturated carbocycles. The molecule has 0 rings (SSSR count). The van der Waals surface area contributed by atoms with Crippen LogP contribution >= 0.6 is 0 Å². The minimum absolute atomic E-state index is 0.417. The van der Waals surface area contributed by atoms with Crippen LogP contribution in [0.4, 0.5) is 4.79 Å². The summed E-state index contributed by atoms with van der Waals surface area (Å²) >= 11 is 0. The monoisotopic (exact) mass is 122 g/mol. The number of quaternary nitrogens is 1. The van der Waals surface area contributed by atoms with Crippen molar-refractivity contribution < 1.29 is 25.8 Å². The maximum absolute atomic E-state index is 8.33. The fraction of sp³-hybridized carbons (Fsp3) is 0.667. The van der Waals surface area contributed by atoms with Crippen LogP contribution in [0.2, 0.25) is 0 Å². The number of carboxylic acid groups (broad SMARTS) is 2. The van der Waals surface area contributed by atoms with Crippen molar-refractivity contribution in [3.63, 3.8) is 0 Å². The first-order valence-electron chi connectivity index (χ1n) is 1.86. The second kappa shape index (κ2) is 6.19. The molecule has 0 heterocycles. The molecule has 0 aliphatic heterocycles. The molecule has 0 aliphatic carbocycles. The Bertz CT molecular complexity index is 55.5. The van der Waals surface area contributed by atoms with E-state index in [9.17, 15) is 0 Å². The summed E-state index contributed by atoms with van der Waals surface area (Å²) in [5, 5.41) is 24.6. The highest BCUT2D eigenvalue weighted by molar-refractivity contribution is 5.47. The number of carbonyl (C=O) groups is 1. The molecule has 1 atom stereocenters. The predicted octanol–water partition coefficient (Wildman–Crippen LogP) is -3.88. The number of carbonyl (C=O) groups excluding carboxylic acids is 1. The van der Waals surface area contributed by atoms with Gasteiger partial charge in [-0.25, -0.2) is 0 Å². The van der Waals surface area contributed by atoms with Crippen LogP contribution in [-0.4, -0.2) is 17.5 Å². The number of hydrogen-bond donors (Lipinski definition) is 2. The Balaban J connectivity index is 0. The van der Waals surface area contributed by atoms with Crippen molar-refractivity contribution in [2.75, 3.05) is 0 Å². The van der Waals surface area contributed by atoms with Crippen LogP contribution in [-0.2, 0) is 0 Å². The van der Waals surface area contributed by atoms with Crippen LogP contribution in [0.25, 0.3) is 0 Å². The van der Waals surface area contributed by atoms with Gasteiger partial charge < -0.3 is 25.8 Å². The van der Waals surface area contributed by atoms with E-state index in [1.807, 2.05) is 0 Å². The van der Waals surface area contributed by atoms with E-state index in [0.717, 1.165) is 0 Å². The maximum atomic E-state index is 8.33. The molecule has 1 unspecified atom stereocenters. The number of aliphatic hydroxyl groups is 1. The van der Waals surface area contributed by atoms with Crippen molar-refractivity contribution in [2.45, 2.75) is 13.2 Å². The molecule has 0 aromatic rings. The Hall–Kier alpha value is -0.810. The van der Waals surface area contributed by atoms with E-state index >= 15 is 0 Å². The average Bonchev–Trinajstić information content (AvgIpc) is 1.25. The third kappa shape index (κ3) is 139. The fourth-order valence-corrected chi connectivity index (χ4v) is 0. The van der Waals surface area contributed by atoms with E-state index in [0.29, 0.717) is 0 Å². The Kier molecular flexibility index (Phi) is 7.91. The lowest BCUT2D eigenvalue weighted by Crippen LogP contribution is -2.58. The molecule has 0 saturated heterocycles. The van der Waals surface area contributed by atoms with E-state index in [1.165, 1.54) is 0 Å². The first-order valence-corrected chi connectivity index (χ1v) is 1.86. The summed E-state index contributed by atoms with van der Waals surface area (Å²) in [7, 11) is 0. The third-order valence-electron chi connectivity index (χ3n) is 0. The SMILES string of the molecule is CC([NH3+])O.O=C([O-])[O-]. The third-order valence-corrected chi connectivity index (χ3v) is 0. The molecule has 5 heteroatoms. The molecule has 8 heavy (non-hydrogen) atoms. The molecule has 0 aliphatic rings. The Morgan fingerprint density at radius 2 is 1.75 bits per heavy atom. The van der Waals surface area contributed by atoms with E-state index in [2.05, 4.69) is 5.73 Å².